The Hall–Kier alpha value is -2.57. The monoisotopic (exact) mass is 399 g/mol. The number of likely N-dealkylation sites (tertiary alicyclic amines) is 1. The molecule has 3 rings (SSSR count). The molecule has 29 heavy (non-hydrogen) atoms. The Bertz CT molecular complexity index is 767. The summed E-state index contributed by atoms with van der Waals surface area (Å²) in [5.74, 6) is 1.45. The van der Waals surface area contributed by atoms with Gasteiger partial charge in [-0.05, 0) is 43.2 Å². The lowest BCUT2D eigenvalue weighted by molar-refractivity contribution is -0.164. The summed E-state index contributed by atoms with van der Waals surface area (Å²) in [6.45, 7) is 4.92. The topological polar surface area (TPSA) is 57.2 Å². The first kappa shape index (κ1) is 21.1. The molecule has 0 bridgehead atoms. The highest BCUT2D eigenvalue weighted by Crippen LogP contribution is 2.38. The van der Waals surface area contributed by atoms with Crippen molar-refractivity contribution in [3.63, 3.8) is 0 Å². The first-order valence-electron chi connectivity index (χ1n) is 10.1. The molecule has 1 amide bonds. The van der Waals surface area contributed by atoms with Crippen LogP contribution in [0.15, 0.2) is 54.6 Å². The molecular formula is C23H29NO5. The van der Waals surface area contributed by atoms with Crippen molar-refractivity contribution in [1.29, 1.82) is 0 Å². The van der Waals surface area contributed by atoms with Gasteiger partial charge in [0.2, 0.25) is 6.10 Å². The van der Waals surface area contributed by atoms with Crippen LogP contribution >= 0.6 is 0 Å². The average molecular weight is 399 g/mol. The highest BCUT2D eigenvalue weighted by molar-refractivity contribution is 5.89. The van der Waals surface area contributed by atoms with Gasteiger partial charge in [-0.25, -0.2) is 0 Å². The summed E-state index contributed by atoms with van der Waals surface area (Å²) >= 11 is 0. The number of carbonyl (C=O) groups excluding carboxylic acids is 1. The molecule has 6 heteroatoms. The molecular weight excluding hydrogens is 370 g/mol. The van der Waals surface area contributed by atoms with E-state index in [0.29, 0.717) is 38.7 Å². The van der Waals surface area contributed by atoms with Crippen LogP contribution in [0.1, 0.15) is 24.9 Å². The fourth-order valence-electron chi connectivity index (χ4n) is 3.39. The molecule has 0 aliphatic carbocycles. The molecule has 0 spiro atoms. The van der Waals surface area contributed by atoms with E-state index in [4.69, 9.17) is 18.9 Å². The molecule has 156 valence electrons. The molecule has 1 fully saturated rings. The van der Waals surface area contributed by atoms with E-state index in [1.807, 2.05) is 66.4 Å². The molecule has 1 aliphatic rings. The molecule has 6 nitrogen and oxygen atoms in total. The average Bonchev–Trinajstić information content (AvgIpc) is 2.75. The van der Waals surface area contributed by atoms with Crippen LogP contribution < -0.4 is 9.47 Å². The lowest BCUT2D eigenvalue weighted by Crippen LogP contribution is -2.61. The maximum Gasteiger partial charge on any atom is 0.266 e. The van der Waals surface area contributed by atoms with E-state index >= 15 is 0 Å². The van der Waals surface area contributed by atoms with Gasteiger partial charge in [-0.15, -0.1) is 0 Å². The van der Waals surface area contributed by atoms with Crippen molar-refractivity contribution in [2.45, 2.75) is 25.5 Å². The molecule has 2 unspecified atom stereocenters. The fourth-order valence-corrected chi connectivity index (χ4v) is 3.39. The summed E-state index contributed by atoms with van der Waals surface area (Å²) in [7, 11) is 1.64. The maximum absolute atomic E-state index is 12.8. The van der Waals surface area contributed by atoms with E-state index in [-0.39, 0.29) is 11.9 Å². The highest BCUT2D eigenvalue weighted by atomic mass is 16.5. The van der Waals surface area contributed by atoms with Crippen molar-refractivity contribution in [2.75, 3.05) is 40.1 Å². The molecule has 2 aromatic carbocycles. The summed E-state index contributed by atoms with van der Waals surface area (Å²) in [5, 5.41) is 0. The van der Waals surface area contributed by atoms with Crippen LogP contribution in [0.3, 0.4) is 0 Å². The van der Waals surface area contributed by atoms with Gasteiger partial charge in [-0.3, -0.25) is 4.79 Å². The number of hydrogen-bond donors (Lipinski definition) is 0. The number of hydrogen-bond acceptors (Lipinski definition) is 5. The molecule has 1 heterocycles. The van der Waals surface area contributed by atoms with Gasteiger partial charge in [0.05, 0.1) is 6.61 Å². The minimum atomic E-state index is -0.543. The Morgan fingerprint density at radius 2 is 1.76 bits per heavy atom. The summed E-state index contributed by atoms with van der Waals surface area (Å²) in [6.07, 6.45) is 0.247. The highest BCUT2D eigenvalue weighted by Gasteiger charge is 2.49. The smallest absolute Gasteiger partial charge is 0.266 e. The number of para-hydroxylation sites is 1. The number of rotatable bonds is 12. The summed E-state index contributed by atoms with van der Waals surface area (Å²) < 4.78 is 22.3. The van der Waals surface area contributed by atoms with Crippen molar-refractivity contribution in [1.82, 2.24) is 4.90 Å². The molecule has 0 saturated carbocycles. The van der Waals surface area contributed by atoms with Gasteiger partial charge in [-0.1, -0.05) is 30.3 Å². The minimum absolute atomic E-state index is 0.000978. The zero-order chi connectivity index (χ0) is 20.5. The van der Waals surface area contributed by atoms with Gasteiger partial charge in [-0.2, -0.15) is 0 Å². The van der Waals surface area contributed by atoms with Crippen molar-refractivity contribution < 1.29 is 23.7 Å². The molecule has 1 aliphatic heterocycles. The van der Waals surface area contributed by atoms with Crippen LogP contribution in [-0.2, 0) is 14.3 Å². The third kappa shape index (κ3) is 5.49. The van der Waals surface area contributed by atoms with Crippen LogP contribution in [0.5, 0.6) is 11.5 Å². The third-order valence-electron chi connectivity index (χ3n) is 4.80. The van der Waals surface area contributed by atoms with Gasteiger partial charge in [0, 0.05) is 26.9 Å². The standard InChI is InChI=1S/C23H29NO5/c1-3-27-14-8-13-24-21(18-9-7-12-20(17-18)28-16-15-26-2)22(23(24)25)29-19-10-5-4-6-11-19/h4-7,9-12,17,21-22H,3,8,13-16H2,1-2H3. The van der Waals surface area contributed by atoms with Gasteiger partial charge in [0.25, 0.3) is 5.91 Å². The minimum Gasteiger partial charge on any atom is -0.491 e. The zero-order valence-corrected chi connectivity index (χ0v) is 17.1. The van der Waals surface area contributed by atoms with Gasteiger partial charge < -0.3 is 23.8 Å². The van der Waals surface area contributed by atoms with E-state index in [9.17, 15) is 4.79 Å². The predicted octanol–water partition coefficient (Wildman–Crippen LogP) is 3.47. The molecule has 2 atom stereocenters. The van der Waals surface area contributed by atoms with Gasteiger partial charge in [0.1, 0.15) is 24.1 Å². The molecule has 2 aromatic rings. The molecule has 0 N–H and O–H groups in total. The van der Waals surface area contributed by atoms with Crippen LogP contribution in [0.25, 0.3) is 0 Å². The first-order chi connectivity index (χ1) is 14.2. The Labute approximate surface area is 172 Å². The Morgan fingerprint density at radius 3 is 2.52 bits per heavy atom. The summed E-state index contributed by atoms with van der Waals surface area (Å²) in [5.41, 5.74) is 0.997. The largest absolute Gasteiger partial charge is 0.491 e. The second-order valence-corrected chi connectivity index (χ2v) is 6.79. The summed E-state index contributed by atoms with van der Waals surface area (Å²) in [6, 6.07) is 17.1. The lowest BCUT2D eigenvalue weighted by Gasteiger charge is -2.47. The Morgan fingerprint density at radius 1 is 0.966 bits per heavy atom. The van der Waals surface area contributed by atoms with Crippen LogP contribution in [-0.4, -0.2) is 57.0 Å². The van der Waals surface area contributed by atoms with E-state index in [2.05, 4.69) is 0 Å². The van der Waals surface area contributed by atoms with Crippen LogP contribution in [0.2, 0.25) is 0 Å². The SMILES string of the molecule is CCOCCCN1C(=O)C(Oc2ccccc2)C1c1cccc(OCCOC)c1. The van der Waals surface area contributed by atoms with Gasteiger partial charge >= 0.3 is 0 Å². The first-order valence-corrected chi connectivity index (χ1v) is 10.1. The van der Waals surface area contributed by atoms with Crippen LogP contribution in [0, 0.1) is 0 Å². The van der Waals surface area contributed by atoms with E-state index < -0.39 is 6.10 Å². The van der Waals surface area contributed by atoms with E-state index in [1.165, 1.54) is 0 Å². The number of ether oxygens (including phenoxy) is 4. The molecule has 1 saturated heterocycles. The number of amides is 1. The second kappa shape index (κ2) is 10.8. The fraction of sp³-hybridized carbons (Fsp3) is 0.435. The Balaban J connectivity index is 1.75. The number of benzene rings is 2. The quantitative estimate of drug-likeness (QED) is 0.404. The zero-order valence-electron chi connectivity index (χ0n) is 17.1. The second-order valence-electron chi connectivity index (χ2n) is 6.79. The van der Waals surface area contributed by atoms with Crippen molar-refractivity contribution in [3.05, 3.63) is 60.2 Å². The molecule has 0 radical (unpaired) electrons. The number of β-lactam (4-membered cyclic amide) rings is 1. The van der Waals surface area contributed by atoms with E-state index in [0.717, 1.165) is 17.7 Å². The third-order valence-corrected chi connectivity index (χ3v) is 4.80. The number of nitrogens with zero attached hydrogens (tertiary/aromatic N) is 1. The van der Waals surface area contributed by atoms with Crippen LogP contribution in [0.4, 0.5) is 0 Å². The maximum atomic E-state index is 12.8. The van der Waals surface area contributed by atoms with Crippen molar-refractivity contribution >= 4 is 5.91 Å². The summed E-state index contributed by atoms with van der Waals surface area (Å²) in [4.78, 5) is 14.7. The lowest BCUT2D eigenvalue weighted by atomic mass is 9.90. The van der Waals surface area contributed by atoms with E-state index in [1.54, 1.807) is 7.11 Å². The normalized spacial score (nSPS) is 18.4. The predicted molar refractivity (Wildman–Crippen MR) is 110 cm³/mol. The van der Waals surface area contributed by atoms with Crippen molar-refractivity contribution in [3.8, 4) is 11.5 Å². The number of carbonyl (C=O) groups is 1. The Kier molecular flexibility index (Phi) is 7.90. The van der Waals surface area contributed by atoms with Crippen molar-refractivity contribution in [2.24, 2.45) is 0 Å². The molecule has 0 aromatic heterocycles. The number of methoxy groups -OCH3 is 1. The van der Waals surface area contributed by atoms with Gasteiger partial charge in [0.15, 0.2) is 0 Å².